The summed E-state index contributed by atoms with van der Waals surface area (Å²) in [5.74, 6) is 0. The van der Waals surface area contributed by atoms with Gasteiger partial charge in [-0.15, -0.1) is 0 Å². The molecule has 0 aliphatic carbocycles. The summed E-state index contributed by atoms with van der Waals surface area (Å²) < 4.78 is 0. The van der Waals surface area contributed by atoms with Crippen LogP contribution in [0.2, 0.25) is 0 Å². The molecule has 1 saturated heterocycles. The van der Waals surface area contributed by atoms with Gasteiger partial charge in [-0.2, -0.15) is 0 Å². The molecule has 1 aromatic heterocycles. The molecule has 0 unspecified atom stereocenters. The lowest BCUT2D eigenvalue weighted by molar-refractivity contribution is 0.192. The molecule has 1 aliphatic heterocycles. The minimum absolute atomic E-state index is 0.659. The van der Waals surface area contributed by atoms with Crippen LogP contribution >= 0.6 is 0 Å². The SMILES string of the molecule is C=C(C)CNC1CCN(Cc2cccnc2)CC1. The van der Waals surface area contributed by atoms with E-state index in [4.69, 9.17) is 0 Å². The van der Waals surface area contributed by atoms with Crippen LogP contribution < -0.4 is 5.32 Å². The molecule has 1 aliphatic rings. The summed E-state index contributed by atoms with van der Waals surface area (Å²) in [5, 5.41) is 3.57. The quantitative estimate of drug-likeness (QED) is 0.806. The molecule has 2 heterocycles. The van der Waals surface area contributed by atoms with Gasteiger partial charge in [-0.05, 0) is 44.5 Å². The van der Waals surface area contributed by atoms with E-state index < -0.39 is 0 Å². The fourth-order valence-electron chi connectivity index (χ4n) is 2.36. The molecule has 3 heteroatoms. The first kappa shape index (κ1) is 13.2. The van der Waals surface area contributed by atoms with Gasteiger partial charge < -0.3 is 5.32 Å². The molecule has 0 saturated carbocycles. The lowest BCUT2D eigenvalue weighted by atomic mass is 10.0. The number of nitrogens with zero attached hydrogens (tertiary/aromatic N) is 2. The van der Waals surface area contributed by atoms with E-state index in [1.807, 2.05) is 18.5 Å². The van der Waals surface area contributed by atoms with Gasteiger partial charge in [-0.1, -0.05) is 18.2 Å². The van der Waals surface area contributed by atoms with Crippen molar-refractivity contribution in [2.45, 2.75) is 32.4 Å². The van der Waals surface area contributed by atoms with Gasteiger partial charge in [-0.3, -0.25) is 9.88 Å². The van der Waals surface area contributed by atoms with Crippen molar-refractivity contribution in [3.63, 3.8) is 0 Å². The monoisotopic (exact) mass is 245 g/mol. The van der Waals surface area contributed by atoms with Crippen LogP contribution in [0.1, 0.15) is 25.3 Å². The van der Waals surface area contributed by atoms with E-state index in [1.54, 1.807) is 0 Å². The maximum atomic E-state index is 4.17. The molecule has 18 heavy (non-hydrogen) atoms. The Morgan fingerprint density at radius 2 is 2.28 bits per heavy atom. The number of nitrogens with one attached hydrogen (secondary N) is 1. The highest BCUT2D eigenvalue weighted by Gasteiger charge is 2.18. The molecular weight excluding hydrogens is 222 g/mol. The summed E-state index contributed by atoms with van der Waals surface area (Å²) in [6.07, 6.45) is 6.25. The van der Waals surface area contributed by atoms with E-state index in [0.29, 0.717) is 6.04 Å². The van der Waals surface area contributed by atoms with E-state index in [-0.39, 0.29) is 0 Å². The van der Waals surface area contributed by atoms with Crippen LogP contribution in [0.15, 0.2) is 36.7 Å². The van der Waals surface area contributed by atoms with Gasteiger partial charge in [0.05, 0.1) is 0 Å². The Labute approximate surface area is 110 Å². The second-order valence-corrected chi connectivity index (χ2v) is 5.25. The minimum Gasteiger partial charge on any atom is -0.310 e. The number of likely N-dealkylation sites (tertiary alicyclic amines) is 1. The topological polar surface area (TPSA) is 28.2 Å². The summed E-state index contributed by atoms with van der Waals surface area (Å²) in [6.45, 7) is 10.3. The Kier molecular flexibility index (Phi) is 4.90. The Morgan fingerprint density at radius 3 is 2.89 bits per heavy atom. The molecule has 3 nitrogen and oxygen atoms in total. The van der Waals surface area contributed by atoms with Crippen molar-refractivity contribution in [1.29, 1.82) is 0 Å². The van der Waals surface area contributed by atoms with Gasteiger partial charge in [0.25, 0.3) is 0 Å². The van der Waals surface area contributed by atoms with Gasteiger partial charge in [0.1, 0.15) is 0 Å². The van der Waals surface area contributed by atoms with Crippen molar-refractivity contribution >= 4 is 0 Å². The van der Waals surface area contributed by atoms with Gasteiger partial charge in [0, 0.05) is 31.5 Å². The van der Waals surface area contributed by atoms with Crippen LogP contribution in [0.4, 0.5) is 0 Å². The molecule has 0 amide bonds. The molecule has 1 aromatic rings. The summed E-state index contributed by atoms with van der Waals surface area (Å²) in [4.78, 5) is 6.68. The third-order valence-corrected chi connectivity index (χ3v) is 3.41. The maximum Gasteiger partial charge on any atom is 0.0312 e. The highest BCUT2D eigenvalue weighted by molar-refractivity contribution is 5.08. The van der Waals surface area contributed by atoms with Crippen LogP contribution in [0.5, 0.6) is 0 Å². The van der Waals surface area contributed by atoms with Gasteiger partial charge in [0.2, 0.25) is 0 Å². The van der Waals surface area contributed by atoms with Gasteiger partial charge >= 0.3 is 0 Å². The number of hydrogen-bond acceptors (Lipinski definition) is 3. The summed E-state index contributed by atoms with van der Waals surface area (Å²) >= 11 is 0. The number of piperidine rings is 1. The van der Waals surface area contributed by atoms with Crippen LogP contribution in [-0.2, 0) is 6.54 Å². The Hall–Kier alpha value is -1.19. The first-order valence-corrected chi connectivity index (χ1v) is 6.73. The first-order chi connectivity index (χ1) is 8.74. The van der Waals surface area contributed by atoms with Crippen molar-refractivity contribution in [1.82, 2.24) is 15.2 Å². The Balaban J connectivity index is 1.72. The average molecular weight is 245 g/mol. The second kappa shape index (κ2) is 6.66. The van der Waals surface area contributed by atoms with Crippen molar-refractivity contribution < 1.29 is 0 Å². The molecule has 1 fully saturated rings. The smallest absolute Gasteiger partial charge is 0.0312 e. The van der Waals surface area contributed by atoms with E-state index in [0.717, 1.165) is 13.1 Å². The summed E-state index contributed by atoms with van der Waals surface area (Å²) in [7, 11) is 0. The molecule has 2 rings (SSSR count). The molecule has 0 bridgehead atoms. The zero-order valence-corrected chi connectivity index (χ0v) is 11.2. The number of rotatable bonds is 5. The number of pyridine rings is 1. The fraction of sp³-hybridized carbons (Fsp3) is 0.533. The number of aromatic nitrogens is 1. The minimum atomic E-state index is 0.659. The van der Waals surface area contributed by atoms with E-state index in [2.05, 4.69) is 34.8 Å². The van der Waals surface area contributed by atoms with Crippen LogP contribution in [0.3, 0.4) is 0 Å². The average Bonchev–Trinajstić information content (AvgIpc) is 2.39. The largest absolute Gasteiger partial charge is 0.310 e. The van der Waals surface area contributed by atoms with Crippen molar-refractivity contribution in [3.8, 4) is 0 Å². The van der Waals surface area contributed by atoms with E-state index >= 15 is 0 Å². The molecule has 0 radical (unpaired) electrons. The lowest BCUT2D eigenvalue weighted by Crippen LogP contribution is -2.42. The fourth-order valence-corrected chi connectivity index (χ4v) is 2.36. The molecule has 0 aromatic carbocycles. The van der Waals surface area contributed by atoms with Gasteiger partial charge in [0.15, 0.2) is 0 Å². The highest BCUT2D eigenvalue weighted by atomic mass is 15.1. The van der Waals surface area contributed by atoms with E-state index in [1.165, 1.54) is 37.1 Å². The Morgan fingerprint density at radius 1 is 1.50 bits per heavy atom. The predicted octanol–water partition coefficient (Wildman–Crippen LogP) is 2.21. The second-order valence-electron chi connectivity index (χ2n) is 5.25. The lowest BCUT2D eigenvalue weighted by Gasteiger charge is -2.32. The third kappa shape index (κ3) is 4.24. The van der Waals surface area contributed by atoms with Crippen molar-refractivity contribution in [2.75, 3.05) is 19.6 Å². The maximum absolute atomic E-state index is 4.17. The summed E-state index contributed by atoms with van der Waals surface area (Å²) in [5.41, 5.74) is 2.53. The Bertz CT molecular complexity index is 367. The van der Waals surface area contributed by atoms with Crippen LogP contribution in [0, 0.1) is 0 Å². The highest BCUT2D eigenvalue weighted by Crippen LogP contribution is 2.13. The first-order valence-electron chi connectivity index (χ1n) is 6.73. The molecule has 1 N–H and O–H groups in total. The van der Waals surface area contributed by atoms with Gasteiger partial charge in [-0.25, -0.2) is 0 Å². The van der Waals surface area contributed by atoms with Crippen molar-refractivity contribution in [2.24, 2.45) is 0 Å². The normalized spacial score (nSPS) is 17.8. The third-order valence-electron chi connectivity index (χ3n) is 3.41. The zero-order valence-electron chi connectivity index (χ0n) is 11.2. The van der Waals surface area contributed by atoms with E-state index in [9.17, 15) is 0 Å². The standard InChI is InChI=1S/C15H23N3/c1-13(2)10-17-15-5-8-18(9-6-15)12-14-4-3-7-16-11-14/h3-4,7,11,15,17H,1,5-6,8-10,12H2,2H3. The molecular formula is C15H23N3. The number of hydrogen-bond donors (Lipinski definition) is 1. The predicted molar refractivity (Wildman–Crippen MR) is 75.4 cm³/mol. The zero-order chi connectivity index (χ0) is 12.8. The summed E-state index contributed by atoms with van der Waals surface area (Å²) in [6, 6.07) is 4.82. The van der Waals surface area contributed by atoms with Crippen molar-refractivity contribution in [3.05, 3.63) is 42.2 Å². The molecule has 98 valence electrons. The van der Waals surface area contributed by atoms with Crippen LogP contribution in [-0.4, -0.2) is 35.6 Å². The van der Waals surface area contributed by atoms with Crippen LogP contribution in [0.25, 0.3) is 0 Å². The molecule has 0 spiro atoms. The molecule has 0 atom stereocenters.